The number of benzene rings is 2. The van der Waals surface area contributed by atoms with E-state index in [4.69, 9.17) is 0 Å². The van der Waals surface area contributed by atoms with Crippen molar-refractivity contribution in [1.82, 2.24) is 4.72 Å². The maximum atomic E-state index is 12.2. The lowest BCUT2D eigenvalue weighted by Crippen LogP contribution is -2.27. The predicted molar refractivity (Wildman–Crippen MR) is 103 cm³/mol. The topological polar surface area (TPSA) is 49.4 Å². The molecule has 0 spiro atoms. The Morgan fingerprint density at radius 1 is 0.920 bits per heavy atom. The van der Waals surface area contributed by atoms with Gasteiger partial charge in [0, 0.05) is 25.3 Å². The smallest absolute Gasteiger partial charge is 0.215 e. The number of hydrogen-bond donors (Lipinski definition) is 1. The molecule has 0 aromatic heterocycles. The van der Waals surface area contributed by atoms with Crippen LogP contribution >= 0.6 is 0 Å². The Morgan fingerprint density at radius 2 is 1.52 bits per heavy atom. The Kier molecular flexibility index (Phi) is 5.76. The van der Waals surface area contributed by atoms with Crippen molar-refractivity contribution >= 4 is 15.7 Å². The first kappa shape index (κ1) is 18.0. The normalized spacial score (nSPS) is 14.8. The minimum absolute atomic E-state index is 0.0289. The fraction of sp³-hybridized carbons (Fsp3) is 0.400. The Hall–Kier alpha value is -1.85. The van der Waals surface area contributed by atoms with Crippen LogP contribution in [-0.4, -0.2) is 28.1 Å². The van der Waals surface area contributed by atoms with E-state index in [1.54, 1.807) is 0 Å². The average Bonchev–Trinajstić information content (AvgIpc) is 3.12. The number of hydrogen-bond acceptors (Lipinski definition) is 3. The molecule has 25 heavy (non-hydrogen) atoms. The Morgan fingerprint density at radius 3 is 2.16 bits per heavy atom. The van der Waals surface area contributed by atoms with Gasteiger partial charge in [0.05, 0.1) is 5.75 Å². The van der Waals surface area contributed by atoms with E-state index in [2.05, 4.69) is 33.9 Å². The van der Waals surface area contributed by atoms with Crippen LogP contribution in [0.4, 0.5) is 5.69 Å². The first-order valence-corrected chi connectivity index (χ1v) is 10.5. The van der Waals surface area contributed by atoms with Gasteiger partial charge in [0.1, 0.15) is 0 Å². The van der Waals surface area contributed by atoms with Gasteiger partial charge in [0.2, 0.25) is 10.0 Å². The molecule has 0 unspecified atom stereocenters. The van der Waals surface area contributed by atoms with Gasteiger partial charge in [0.25, 0.3) is 0 Å². The van der Waals surface area contributed by atoms with Crippen LogP contribution in [0, 0.1) is 6.92 Å². The van der Waals surface area contributed by atoms with Crippen molar-refractivity contribution in [3.05, 3.63) is 65.2 Å². The van der Waals surface area contributed by atoms with E-state index < -0.39 is 10.0 Å². The summed E-state index contributed by atoms with van der Waals surface area (Å²) in [7, 11) is -3.30. The molecule has 5 heteroatoms. The van der Waals surface area contributed by atoms with Crippen LogP contribution in [0.2, 0.25) is 0 Å². The first-order valence-electron chi connectivity index (χ1n) is 8.89. The third kappa shape index (κ3) is 5.31. The van der Waals surface area contributed by atoms with Crippen molar-refractivity contribution in [2.24, 2.45) is 0 Å². The number of nitrogens with one attached hydrogen (secondary N) is 1. The van der Waals surface area contributed by atoms with E-state index in [1.807, 2.05) is 31.2 Å². The quantitative estimate of drug-likeness (QED) is 0.826. The van der Waals surface area contributed by atoms with Crippen LogP contribution < -0.4 is 9.62 Å². The molecule has 1 fully saturated rings. The van der Waals surface area contributed by atoms with Crippen molar-refractivity contribution in [3.63, 3.8) is 0 Å². The lowest BCUT2D eigenvalue weighted by Gasteiger charge is -2.17. The number of rotatable bonds is 7. The summed E-state index contributed by atoms with van der Waals surface area (Å²) in [5.74, 6) is 0.0289. The molecule has 2 aromatic rings. The highest BCUT2D eigenvalue weighted by Crippen LogP contribution is 2.20. The summed E-state index contributed by atoms with van der Waals surface area (Å²) in [6.45, 7) is 4.69. The predicted octanol–water partition coefficient (Wildman–Crippen LogP) is 3.26. The SMILES string of the molecule is Cc1ccc(CS(=O)(=O)NCCc2ccc(N3CCCC3)cc2)cc1. The van der Waals surface area contributed by atoms with Gasteiger partial charge in [-0.25, -0.2) is 13.1 Å². The minimum Gasteiger partial charge on any atom is -0.372 e. The monoisotopic (exact) mass is 358 g/mol. The van der Waals surface area contributed by atoms with Crippen molar-refractivity contribution < 1.29 is 8.42 Å². The Balaban J connectivity index is 1.48. The molecular weight excluding hydrogens is 332 g/mol. The molecule has 3 rings (SSSR count). The molecule has 1 heterocycles. The van der Waals surface area contributed by atoms with Crippen LogP contribution in [0.25, 0.3) is 0 Å². The fourth-order valence-electron chi connectivity index (χ4n) is 3.15. The highest BCUT2D eigenvalue weighted by Gasteiger charge is 2.13. The van der Waals surface area contributed by atoms with E-state index in [0.717, 1.165) is 29.8 Å². The second-order valence-corrected chi connectivity index (χ2v) is 8.56. The number of aryl methyl sites for hydroxylation is 1. The van der Waals surface area contributed by atoms with Crippen LogP contribution in [0.5, 0.6) is 0 Å². The van der Waals surface area contributed by atoms with E-state index in [1.165, 1.54) is 18.5 Å². The fourth-order valence-corrected chi connectivity index (χ4v) is 4.30. The highest BCUT2D eigenvalue weighted by atomic mass is 32.2. The summed E-state index contributed by atoms with van der Waals surface area (Å²) in [4.78, 5) is 2.40. The third-order valence-corrected chi connectivity index (χ3v) is 5.98. The summed E-state index contributed by atoms with van der Waals surface area (Å²) >= 11 is 0. The molecule has 1 saturated heterocycles. The van der Waals surface area contributed by atoms with Crippen molar-refractivity contribution in [2.45, 2.75) is 31.9 Å². The maximum Gasteiger partial charge on any atom is 0.215 e. The third-order valence-electron chi connectivity index (χ3n) is 4.62. The summed E-state index contributed by atoms with van der Waals surface area (Å²) in [5, 5.41) is 0. The molecule has 1 aliphatic heterocycles. The van der Waals surface area contributed by atoms with E-state index in [-0.39, 0.29) is 5.75 Å². The van der Waals surface area contributed by atoms with Gasteiger partial charge in [-0.2, -0.15) is 0 Å². The molecule has 0 radical (unpaired) electrons. The lowest BCUT2D eigenvalue weighted by atomic mass is 10.1. The van der Waals surface area contributed by atoms with Crippen LogP contribution in [-0.2, 0) is 22.2 Å². The Labute approximate surface area is 150 Å². The van der Waals surface area contributed by atoms with E-state index in [0.29, 0.717) is 13.0 Å². The van der Waals surface area contributed by atoms with E-state index >= 15 is 0 Å². The van der Waals surface area contributed by atoms with Gasteiger partial charge in [-0.05, 0) is 49.4 Å². The number of anilines is 1. The van der Waals surface area contributed by atoms with Gasteiger partial charge >= 0.3 is 0 Å². The van der Waals surface area contributed by atoms with Gasteiger partial charge in [-0.3, -0.25) is 0 Å². The van der Waals surface area contributed by atoms with Gasteiger partial charge in [-0.15, -0.1) is 0 Å². The standard InChI is InChI=1S/C20H26N2O2S/c1-17-4-6-19(7-5-17)16-25(23,24)21-13-12-18-8-10-20(11-9-18)22-14-2-3-15-22/h4-11,21H,2-3,12-16H2,1H3. The molecule has 1 N–H and O–H groups in total. The van der Waals surface area contributed by atoms with Gasteiger partial charge in [0.15, 0.2) is 0 Å². The highest BCUT2D eigenvalue weighted by molar-refractivity contribution is 7.88. The zero-order valence-corrected chi connectivity index (χ0v) is 15.6. The minimum atomic E-state index is -3.30. The van der Waals surface area contributed by atoms with E-state index in [9.17, 15) is 8.42 Å². The van der Waals surface area contributed by atoms with Crippen LogP contribution in [0.3, 0.4) is 0 Å². The Bertz CT molecular complexity index is 777. The first-order chi connectivity index (χ1) is 12.0. The lowest BCUT2D eigenvalue weighted by molar-refractivity contribution is 0.581. The maximum absolute atomic E-state index is 12.2. The summed E-state index contributed by atoms with van der Waals surface area (Å²) in [6, 6.07) is 16.1. The molecule has 0 aliphatic carbocycles. The van der Waals surface area contributed by atoms with Crippen molar-refractivity contribution in [3.8, 4) is 0 Å². The summed E-state index contributed by atoms with van der Waals surface area (Å²) < 4.78 is 27.1. The molecule has 0 saturated carbocycles. The second-order valence-electron chi connectivity index (χ2n) is 6.75. The molecule has 2 aromatic carbocycles. The molecule has 4 nitrogen and oxygen atoms in total. The molecule has 0 amide bonds. The average molecular weight is 359 g/mol. The van der Waals surface area contributed by atoms with Crippen molar-refractivity contribution in [2.75, 3.05) is 24.5 Å². The summed E-state index contributed by atoms with van der Waals surface area (Å²) in [6.07, 6.45) is 3.24. The zero-order valence-electron chi connectivity index (χ0n) is 14.7. The number of nitrogens with zero attached hydrogens (tertiary/aromatic N) is 1. The van der Waals surface area contributed by atoms with Crippen molar-refractivity contribution in [1.29, 1.82) is 0 Å². The molecule has 1 aliphatic rings. The second kappa shape index (κ2) is 8.02. The molecule has 134 valence electrons. The molecule has 0 bridgehead atoms. The zero-order chi connectivity index (χ0) is 17.7. The molecular formula is C20H26N2O2S. The largest absolute Gasteiger partial charge is 0.372 e. The number of sulfonamides is 1. The van der Waals surface area contributed by atoms with Crippen LogP contribution in [0.15, 0.2) is 48.5 Å². The molecule has 0 atom stereocenters. The van der Waals surface area contributed by atoms with Crippen LogP contribution in [0.1, 0.15) is 29.5 Å². The summed E-state index contributed by atoms with van der Waals surface area (Å²) in [5.41, 5.74) is 4.36. The van der Waals surface area contributed by atoms with Gasteiger partial charge in [-0.1, -0.05) is 42.0 Å². The van der Waals surface area contributed by atoms with Gasteiger partial charge < -0.3 is 4.90 Å².